The molecule has 1 aliphatic heterocycles. The molecular formula is C17H25N5O6. The average Bonchev–Trinajstić information content (AvgIpc) is 3.24. The van der Waals surface area contributed by atoms with Crippen molar-refractivity contribution in [1.29, 1.82) is 0 Å². The molecular weight excluding hydrogens is 370 g/mol. The van der Waals surface area contributed by atoms with Crippen LogP contribution in [-0.2, 0) is 14.3 Å². The van der Waals surface area contributed by atoms with E-state index >= 15 is 0 Å². The summed E-state index contributed by atoms with van der Waals surface area (Å²) in [6.07, 6.45) is -0.326. The smallest absolute Gasteiger partial charge is 0.328 e. The summed E-state index contributed by atoms with van der Waals surface area (Å²) in [4.78, 5) is 24.8. The average molecular weight is 395 g/mol. The van der Waals surface area contributed by atoms with Crippen molar-refractivity contribution in [2.45, 2.75) is 57.3 Å². The Kier molecular flexibility index (Phi) is 6.39. The van der Waals surface area contributed by atoms with E-state index in [0.717, 1.165) is 6.42 Å². The van der Waals surface area contributed by atoms with Crippen molar-refractivity contribution in [3.8, 4) is 0 Å². The number of nitrogens with zero attached hydrogens (tertiary/aromatic N) is 4. The van der Waals surface area contributed by atoms with E-state index in [4.69, 9.17) is 9.47 Å². The van der Waals surface area contributed by atoms with Gasteiger partial charge in [-0.25, -0.2) is 19.7 Å². The minimum absolute atomic E-state index is 0.278. The van der Waals surface area contributed by atoms with Crippen molar-refractivity contribution < 1.29 is 29.6 Å². The molecule has 1 saturated heterocycles. The fourth-order valence-electron chi connectivity index (χ4n) is 3.20. The second-order valence-electron chi connectivity index (χ2n) is 6.51. The molecule has 28 heavy (non-hydrogen) atoms. The van der Waals surface area contributed by atoms with Crippen LogP contribution in [0.2, 0.25) is 0 Å². The van der Waals surface area contributed by atoms with Crippen LogP contribution < -0.4 is 5.32 Å². The van der Waals surface area contributed by atoms with Gasteiger partial charge in [-0.2, -0.15) is 0 Å². The fourth-order valence-corrected chi connectivity index (χ4v) is 3.20. The maximum atomic E-state index is 12.2. The zero-order valence-electron chi connectivity index (χ0n) is 15.7. The van der Waals surface area contributed by atoms with Gasteiger partial charge >= 0.3 is 5.97 Å². The van der Waals surface area contributed by atoms with Gasteiger partial charge in [0.2, 0.25) is 0 Å². The molecule has 11 heteroatoms. The Labute approximate surface area is 161 Å². The number of ether oxygens (including phenoxy) is 2. The van der Waals surface area contributed by atoms with E-state index in [2.05, 4.69) is 20.3 Å². The van der Waals surface area contributed by atoms with E-state index in [1.807, 2.05) is 6.92 Å². The molecule has 1 aliphatic rings. The number of aliphatic hydroxyl groups is 3. The summed E-state index contributed by atoms with van der Waals surface area (Å²) in [6.45, 7) is 3.55. The highest BCUT2D eigenvalue weighted by atomic mass is 16.6. The third-order valence-corrected chi connectivity index (χ3v) is 4.61. The highest BCUT2D eigenvalue weighted by Gasteiger charge is 2.44. The number of esters is 1. The highest BCUT2D eigenvalue weighted by molar-refractivity contribution is 5.86. The van der Waals surface area contributed by atoms with Gasteiger partial charge in [-0.1, -0.05) is 13.3 Å². The minimum Gasteiger partial charge on any atom is -0.464 e. The Hall–Kier alpha value is -2.34. The maximum absolute atomic E-state index is 12.2. The molecule has 3 rings (SSSR count). The quantitative estimate of drug-likeness (QED) is 0.434. The Morgan fingerprint density at radius 2 is 2.11 bits per heavy atom. The molecule has 154 valence electrons. The number of imidazole rings is 1. The molecule has 0 saturated carbocycles. The molecule has 0 aliphatic carbocycles. The van der Waals surface area contributed by atoms with E-state index in [1.165, 1.54) is 17.2 Å². The van der Waals surface area contributed by atoms with Gasteiger partial charge in [-0.15, -0.1) is 0 Å². The van der Waals surface area contributed by atoms with Gasteiger partial charge in [0.1, 0.15) is 30.7 Å². The van der Waals surface area contributed by atoms with Gasteiger partial charge in [0.05, 0.1) is 19.5 Å². The summed E-state index contributed by atoms with van der Waals surface area (Å²) < 4.78 is 12.1. The number of carbonyl (C=O) groups excluding carboxylic acids is 1. The molecule has 0 aromatic carbocycles. The number of nitrogens with one attached hydrogen (secondary N) is 1. The van der Waals surface area contributed by atoms with Crippen molar-refractivity contribution in [1.82, 2.24) is 19.5 Å². The molecule has 1 fully saturated rings. The fraction of sp³-hybridized carbons (Fsp3) is 0.647. The number of carbonyl (C=O) groups is 1. The van der Waals surface area contributed by atoms with Gasteiger partial charge in [-0.05, 0) is 13.3 Å². The summed E-state index contributed by atoms with van der Waals surface area (Å²) in [5, 5.41) is 32.6. The lowest BCUT2D eigenvalue weighted by Gasteiger charge is -2.18. The Bertz CT molecular complexity index is 814. The zero-order valence-corrected chi connectivity index (χ0v) is 15.7. The lowest BCUT2D eigenvalue weighted by molar-refractivity contribution is -0.144. The third kappa shape index (κ3) is 3.78. The standard InChI is InChI=1S/C17H25N5O6/c1-3-5-9(17(26)27-4-2)21-14-11-15(19-7-18-14)22(8-20-11)16-13(25)12(24)10(6-23)28-16/h7-10,12-13,16,23-25H,3-6H2,1-2H3,(H,18,19,21)/t9?,10-,12-,13-,16-/m1/s1. The summed E-state index contributed by atoms with van der Waals surface area (Å²) >= 11 is 0. The number of rotatable bonds is 8. The first-order chi connectivity index (χ1) is 13.5. The molecule has 2 aromatic rings. The number of anilines is 1. The molecule has 0 spiro atoms. The van der Waals surface area contributed by atoms with Gasteiger partial charge in [0.15, 0.2) is 23.2 Å². The van der Waals surface area contributed by atoms with Crippen molar-refractivity contribution in [2.24, 2.45) is 0 Å². The normalized spacial score (nSPS) is 25.8. The van der Waals surface area contributed by atoms with Crippen LogP contribution in [0.15, 0.2) is 12.7 Å². The van der Waals surface area contributed by atoms with E-state index in [0.29, 0.717) is 23.4 Å². The predicted octanol–water partition coefficient (Wildman–Crippen LogP) is -0.418. The van der Waals surface area contributed by atoms with Gasteiger partial charge in [0.25, 0.3) is 0 Å². The zero-order chi connectivity index (χ0) is 20.3. The highest BCUT2D eigenvalue weighted by Crippen LogP contribution is 2.32. The molecule has 0 bridgehead atoms. The first-order valence-corrected chi connectivity index (χ1v) is 9.24. The van der Waals surface area contributed by atoms with Crippen molar-refractivity contribution in [2.75, 3.05) is 18.5 Å². The maximum Gasteiger partial charge on any atom is 0.328 e. The molecule has 0 radical (unpaired) electrons. The summed E-state index contributed by atoms with van der Waals surface area (Å²) in [7, 11) is 0. The van der Waals surface area contributed by atoms with Crippen molar-refractivity contribution in [3.63, 3.8) is 0 Å². The van der Waals surface area contributed by atoms with Crippen LogP contribution in [-0.4, -0.2) is 78.4 Å². The first-order valence-electron chi connectivity index (χ1n) is 9.24. The predicted molar refractivity (Wildman–Crippen MR) is 97.3 cm³/mol. The second kappa shape index (κ2) is 8.78. The van der Waals surface area contributed by atoms with Crippen LogP contribution in [0, 0.1) is 0 Å². The summed E-state index contributed by atoms with van der Waals surface area (Å²) in [5.41, 5.74) is 0.733. The van der Waals surface area contributed by atoms with E-state index in [1.54, 1.807) is 6.92 Å². The Balaban J connectivity index is 1.90. The molecule has 1 unspecified atom stereocenters. The Morgan fingerprint density at radius 3 is 2.75 bits per heavy atom. The van der Waals surface area contributed by atoms with E-state index < -0.39 is 37.2 Å². The molecule has 4 N–H and O–H groups in total. The van der Waals surface area contributed by atoms with E-state index in [9.17, 15) is 20.1 Å². The monoisotopic (exact) mass is 395 g/mol. The summed E-state index contributed by atoms with van der Waals surface area (Å²) in [5.74, 6) is -0.0269. The van der Waals surface area contributed by atoms with Crippen LogP contribution in [0.25, 0.3) is 11.2 Å². The van der Waals surface area contributed by atoms with Crippen molar-refractivity contribution in [3.05, 3.63) is 12.7 Å². The van der Waals surface area contributed by atoms with Crippen LogP contribution in [0.3, 0.4) is 0 Å². The Morgan fingerprint density at radius 1 is 1.32 bits per heavy atom. The number of fused-ring (bicyclic) bond motifs is 1. The van der Waals surface area contributed by atoms with E-state index in [-0.39, 0.29) is 12.6 Å². The SMILES string of the molecule is CCCC(Nc1ncnc2c1ncn2[C@@H]1O[C@H](CO)[C@@H](O)[C@H]1O)C(=O)OCC. The summed E-state index contributed by atoms with van der Waals surface area (Å²) in [6, 6.07) is -0.581. The number of aromatic nitrogens is 4. The lowest BCUT2D eigenvalue weighted by atomic mass is 10.1. The first kappa shape index (κ1) is 20.4. The minimum atomic E-state index is -1.26. The topological polar surface area (TPSA) is 152 Å². The van der Waals surface area contributed by atoms with Crippen LogP contribution >= 0.6 is 0 Å². The number of aliphatic hydroxyl groups excluding tert-OH is 3. The molecule has 3 heterocycles. The third-order valence-electron chi connectivity index (χ3n) is 4.61. The molecule has 2 aromatic heterocycles. The van der Waals surface area contributed by atoms with Gasteiger partial charge in [-0.3, -0.25) is 4.57 Å². The largest absolute Gasteiger partial charge is 0.464 e. The van der Waals surface area contributed by atoms with Crippen molar-refractivity contribution >= 4 is 23.0 Å². The van der Waals surface area contributed by atoms with Gasteiger partial charge in [0, 0.05) is 0 Å². The molecule has 0 amide bonds. The number of hydrogen-bond donors (Lipinski definition) is 4. The lowest BCUT2D eigenvalue weighted by Crippen LogP contribution is -2.33. The second-order valence-corrected chi connectivity index (χ2v) is 6.51. The molecule has 5 atom stereocenters. The number of hydrogen-bond acceptors (Lipinski definition) is 10. The van der Waals surface area contributed by atoms with Crippen LogP contribution in [0.1, 0.15) is 32.9 Å². The molecule has 11 nitrogen and oxygen atoms in total. The van der Waals surface area contributed by atoms with Crippen LogP contribution in [0.5, 0.6) is 0 Å². The van der Waals surface area contributed by atoms with Crippen LogP contribution in [0.4, 0.5) is 5.82 Å². The van der Waals surface area contributed by atoms with Gasteiger partial charge < -0.3 is 30.1 Å².